The summed E-state index contributed by atoms with van der Waals surface area (Å²) in [5.74, 6) is 0.860. The van der Waals surface area contributed by atoms with Gasteiger partial charge in [0, 0.05) is 50.3 Å². The van der Waals surface area contributed by atoms with Crippen LogP contribution >= 0.6 is 0 Å². The predicted octanol–water partition coefficient (Wildman–Crippen LogP) is 0.726. The van der Waals surface area contributed by atoms with Crippen molar-refractivity contribution in [3.8, 4) is 0 Å². The lowest BCUT2D eigenvalue weighted by atomic mass is 9.93. The Morgan fingerprint density at radius 2 is 2.21 bits per heavy atom. The minimum absolute atomic E-state index is 0.0968. The molecule has 0 aromatic carbocycles. The van der Waals surface area contributed by atoms with Crippen LogP contribution in [-0.2, 0) is 9.53 Å². The molecule has 2 fully saturated rings. The van der Waals surface area contributed by atoms with Crippen LogP contribution in [0.4, 0.5) is 0 Å². The summed E-state index contributed by atoms with van der Waals surface area (Å²) >= 11 is 0. The van der Waals surface area contributed by atoms with Crippen molar-refractivity contribution in [1.29, 1.82) is 0 Å². The zero-order chi connectivity index (χ0) is 17.1. The van der Waals surface area contributed by atoms with Crippen molar-refractivity contribution in [2.24, 2.45) is 17.8 Å². The number of amides is 2. The first-order valence-corrected chi connectivity index (χ1v) is 8.48. The third kappa shape index (κ3) is 3.72. The number of aromatic nitrogens is 2. The Morgan fingerprint density at radius 1 is 1.38 bits per heavy atom. The Kier molecular flexibility index (Phi) is 5.08. The molecule has 0 spiro atoms. The van der Waals surface area contributed by atoms with Gasteiger partial charge in [0.05, 0.1) is 18.9 Å². The van der Waals surface area contributed by atoms with Crippen LogP contribution < -0.4 is 5.32 Å². The van der Waals surface area contributed by atoms with E-state index in [0.29, 0.717) is 43.6 Å². The maximum absolute atomic E-state index is 12.2. The number of likely N-dealkylation sites (tertiary alicyclic amines) is 1. The Bertz CT molecular complexity index is 593. The molecule has 0 bridgehead atoms. The highest BCUT2D eigenvalue weighted by atomic mass is 16.5. The molecule has 0 radical (unpaired) electrons. The van der Waals surface area contributed by atoms with E-state index in [4.69, 9.17) is 4.74 Å². The molecule has 24 heavy (non-hydrogen) atoms. The van der Waals surface area contributed by atoms with Crippen molar-refractivity contribution in [3.63, 3.8) is 0 Å². The van der Waals surface area contributed by atoms with Gasteiger partial charge in [-0.05, 0) is 5.92 Å². The summed E-state index contributed by atoms with van der Waals surface area (Å²) in [5.41, 5.74) is 0.313. The third-order valence-electron chi connectivity index (χ3n) is 4.70. The smallest absolute Gasteiger partial charge is 0.271 e. The second-order valence-electron chi connectivity index (χ2n) is 6.99. The number of nitrogens with zero attached hydrogens (tertiary/aromatic N) is 3. The highest BCUT2D eigenvalue weighted by Crippen LogP contribution is 2.33. The van der Waals surface area contributed by atoms with E-state index in [9.17, 15) is 9.59 Å². The number of hydrogen-bond donors (Lipinski definition) is 1. The molecule has 1 aromatic heterocycles. The molecule has 3 atom stereocenters. The standard InChI is InChI=1S/C17H24N4O3/c1-11(2)5-16(22)21-8-13-12(10-24-15(13)9-21)6-20-17(23)14-7-18-3-4-19-14/h3-4,7,11-13,15H,5-6,8-10H2,1-2H3,(H,20,23)/t12-,13+,15+/m0/s1. The highest BCUT2D eigenvalue weighted by molar-refractivity contribution is 5.91. The fourth-order valence-corrected chi connectivity index (χ4v) is 3.42. The molecule has 130 valence electrons. The molecule has 7 nitrogen and oxygen atoms in total. The summed E-state index contributed by atoms with van der Waals surface area (Å²) < 4.78 is 5.84. The zero-order valence-electron chi connectivity index (χ0n) is 14.1. The molecule has 2 saturated heterocycles. The van der Waals surface area contributed by atoms with E-state index in [1.54, 1.807) is 0 Å². The second kappa shape index (κ2) is 7.25. The van der Waals surface area contributed by atoms with Gasteiger partial charge in [-0.2, -0.15) is 0 Å². The van der Waals surface area contributed by atoms with Gasteiger partial charge in [0.1, 0.15) is 5.69 Å². The van der Waals surface area contributed by atoms with E-state index in [0.717, 1.165) is 6.54 Å². The van der Waals surface area contributed by atoms with Crippen LogP contribution in [0.3, 0.4) is 0 Å². The number of ether oxygens (including phenoxy) is 1. The maximum Gasteiger partial charge on any atom is 0.271 e. The Labute approximate surface area is 141 Å². The molecule has 2 aliphatic heterocycles. The number of nitrogens with one attached hydrogen (secondary N) is 1. The largest absolute Gasteiger partial charge is 0.376 e. The topological polar surface area (TPSA) is 84.4 Å². The van der Waals surface area contributed by atoms with Crippen LogP contribution in [0.5, 0.6) is 0 Å². The molecule has 0 aliphatic carbocycles. The number of carbonyl (C=O) groups is 2. The molecule has 3 rings (SSSR count). The fraction of sp³-hybridized carbons (Fsp3) is 0.647. The van der Waals surface area contributed by atoms with Crippen LogP contribution in [0.1, 0.15) is 30.8 Å². The number of rotatable bonds is 5. The molecule has 1 aromatic rings. The molecule has 7 heteroatoms. The van der Waals surface area contributed by atoms with Crippen LogP contribution in [0.15, 0.2) is 18.6 Å². The van der Waals surface area contributed by atoms with Gasteiger partial charge in [0.25, 0.3) is 5.91 Å². The lowest BCUT2D eigenvalue weighted by Crippen LogP contribution is -2.35. The van der Waals surface area contributed by atoms with E-state index in [-0.39, 0.29) is 23.8 Å². The van der Waals surface area contributed by atoms with Gasteiger partial charge >= 0.3 is 0 Å². The molecule has 0 unspecified atom stereocenters. The molecular weight excluding hydrogens is 308 g/mol. The van der Waals surface area contributed by atoms with Crippen molar-refractivity contribution < 1.29 is 14.3 Å². The summed E-state index contributed by atoms with van der Waals surface area (Å²) in [6, 6.07) is 0. The van der Waals surface area contributed by atoms with Crippen LogP contribution in [-0.4, -0.2) is 59.0 Å². The lowest BCUT2D eigenvalue weighted by Gasteiger charge is -2.21. The van der Waals surface area contributed by atoms with Gasteiger partial charge in [0.2, 0.25) is 5.91 Å². The number of carbonyl (C=O) groups excluding carboxylic acids is 2. The average Bonchev–Trinajstić information content (AvgIpc) is 3.14. The van der Waals surface area contributed by atoms with E-state index in [1.165, 1.54) is 18.6 Å². The molecule has 1 N–H and O–H groups in total. The minimum atomic E-state index is -0.225. The molecule has 3 heterocycles. The summed E-state index contributed by atoms with van der Waals surface area (Å²) in [4.78, 5) is 34.1. The molecule has 0 saturated carbocycles. The first-order chi connectivity index (χ1) is 11.5. The van der Waals surface area contributed by atoms with E-state index >= 15 is 0 Å². The zero-order valence-corrected chi connectivity index (χ0v) is 14.1. The maximum atomic E-state index is 12.2. The van der Waals surface area contributed by atoms with Crippen LogP contribution in [0.2, 0.25) is 0 Å². The van der Waals surface area contributed by atoms with Gasteiger partial charge in [-0.3, -0.25) is 14.6 Å². The van der Waals surface area contributed by atoms with Gasteiger partial charge < -0.3 is 15.0 Å². The van der Waals surface area contributed by atoms with E-state index in [2.05, 4.69) is 29.1 Å². The van der Waals surface area contributed by atoms with Gasteiger partial charge in [-0.15, -0.1) is 0 Å². The highest BCUT2D eigenvalue weighted by Gasteiger charge is 2.45. The monoisotopic (exact) mass is 332 g/mol. The molecular formula is C17H24N4O3. The van der Waals surface area contributed by atoms with Crippen molar-refractivity contribution in [2.45, 2.75) is 26.4 Å². The summed E-state index contributed by atoms with van der Waals surface area (Å²) in [5, 5.41) is 2.90. The predicted molar refractivity (Wildman–Crippen MR) is 87.1 cm³/mol. The van der Waals surface area contributed by atoms with Crippen LogP contribution in [0.25, 0.3) is 0 Å². The number of hydrogen-bond acceptors (Lipinski definition) is 5. The molecule has 2 amide bonds. The van der Waals surface area contributed by atoms with Crippen molar-refractivity contribution in [3.05, 3.63) is 24.3 Å². The third-order valence-corrected chi connectivity index (χ3v) is 4.70. The van der Waals surface area contributed by atoms with Gasteiger partial charge in [-0.1, -0.05) is 13.8 Å². The van der Waals surface area contributed by atoms with Crippen molar-refractivity contribution in [2.75, 3.05) is 26.2 Å². The summed E-state index contributed by atoms with van der Waals surface area (Å²) in [6.45, 7) is 6.66. The summed E-state index contributed by atoms with van der Waals surface area (Å²) in [7, 11) is 0. The first kappa shape index (κ1) is 16.8. The van der Waals surface area contributed by atoms with Crippen molar-refractivity contribution in [1.82, 2.24) is 20.2 Å². The Morgan fingerprint density at radius 3 is 2.92 bits per heavy atom. The van der Waals surface area contributed by atoms with Gasteiger partial charge in [-0.25, -0.2) is 4.98 Å². The van der Waals surface area contributed by atoms with E-state index in [1.807, 2.05) is 4.90 Å². The Balaban J connectivity index is 1.52. The quantitative estimate of drug-likeness (QED) is 0.859. The number of fused-ring (bicyclic) bond motifs is 1. The lowest BCUT2D eigenvalue weighted by molar-refractivity contribution is -0.131. The van der Waals surface area contributed by atoms with Crippen LogP contribution in [0, 0.1) is 17.8 Å². The second-order valence-corrected chi connectivity index (χ2v) is 6.99. The molecule has 2 aliphatic rings. The summed E-state index contributed by atoms with van der Waals surface area (Å²) in [6.07, 6.45) is 5.16. The first-order valence-electron chi connectivity index (χ1n) is 8.48. The Hall–Kier alpha value is -2.02. The minimum Gasteiger partial charge on any atom is -0.376 e. The van der Waals surface area contributed by atoms with Crippen molar-refractivity contribution >= 4 is 11.8 Å². The van der Waals surface area contributed by atoms with Gasteiger partial charge in [0.15, 0.2) is 0 Å². The van der Waals surface area contributed by atoms with E-state index < -0.39 is 0 Å². The average molecular weight is 332 g/mol. The fourth-order valence-electron chi connectivity index (χ4n) is 3.42. The normalized spacial score (nSPS) is 25.8. The SMILES string of the molecule is CC(C)CC(=O)N1C[C@@H]2[C@@H](CNC(=O)c3cnccn3)CO[C@@H]2C1.